The van der Waals surface area contributed by atoms with Crippen LogP contribution in [0.4, 0.5) is 16.2 Å². The SMILES string of the molecule is CCc1c(C)ncnc1N1CCN(c2ncc(F)cn2)CC1. The van der Waals surface area contributed by atoms with Crippen LogP contribution in [0.25, 0.3) is 0 Å². The van der Waals surface area contributed by atoms with Gasteiger partial charge in [-0.05, 0) is 13.3 Å². The topological polar surface area (TPSA) is 58.0 Å². The van der Waals surface area contributed by atoms with Crippen molar-refractivity contribution in [3.05, 3.63) is 35.8 Å². The number of hydrogen-bond acceptors (Lipinski definition) is 6. The number of aromatic nitrogens is 4. The van der Waals surface area contributed by atoms with Crippen LogP contribution in [0.1, 0.15) is 18.2 Å². The first-order chi connectivity index (χ1) is 10.7. The molecular weight excluding hydrogens is 283 g/mol. The zero-order valence-electron chi connectivity index (χ0n) is 12.8. The van der Waals surface area contributed by atoms with Gasteiger partial charge in [0.1, 0.15) is 12.1 Å². The van der Waals surface area contributed by atoms with Gasteiger partial charge in [-0.1, -0.05) is 6.92 Å². The van der Waals surface area contributed by atoms with Gasteiger partial charge in [0.05, 0.1) is 12.4 Å². The molecule has 0 bridgehead atoms. The molecule has 0 saturated carbocycles. The normalized spacial score (nSPS) is 15.2. The highest BCUT2D eigenvalue weighted by Gasteiger charge is 2.22. The minimum atomic E-state index is -0.411. The zero-order chi connectivity index (χ0) is 15.5. The van der Waals surface area contributed by atoms with Gasteiger partial charge in [0, 0.05) is 37.4 Å². The van der Waals surface area contributed by atoms with Gasteiger partial charge >= 0.3 is 0 Å². The second kappa shape index (κ2) is 6.21. The third-order valence-corrected chi connectivity index (χ3v) is 3.96. The van der Waals surface area contributed by atoms with E-state index in [1.54, 1.807) is 6.33 Å². The summed E-state index contributed by atoms with van der Waals surface area (Å²) < 4.78 is 12.9. The number of hydrogen-bond donors (Lipinski definition) is 0. The first-order valence-electron chi connectivity index (χ1n) is 7.47. The van der Waals surface area contributed by atoms with Gasteiger partial charge in [0.25, 0.3) is 0 Å². The molecule has 0 unspecified atom stereocenters. The Labute approximate surface area is 129 Å². The lowest BCUT2D eigenvalue weighted by Crippen LogP contribution is -2.47. The van der Waals surface area contributed by atoms with E-state index in [1.807, 2.05) is 6.92 Å². The number of piperazine rings is 1. The summed E-state index contributed by atoms with van der Waals surface area (Å²) >= 11 is 0. The molecule has 1 fully saturated rings. The Hall–Kier alpha value is -2.31. The van der Waals surface area contributed by atoms with Crippen molar-refractivity contribution in [2.45, 2.75) is 20.3 Å². The van der Waals surface area contributed by atoms with Crippen LogP contribution in [-0.2, 0) is 6.42 Å². The third-order valence-electron chi connectivity index (χ3n) is 3.96. The van der Waals surface area contributed by atoms with Crippen LogP contribution < -0.4 is 9.80 Å². The molecule has 1 aliphatic rings. The Morgan fingerprint density at radius 1 is 1.00 bits per heavy atom. The van der Waals surface area contributed by atoms with Gasteiger partial charge in [-0.2, -0.15) is 0 Å². The summed E-state index contributed by atoms with van der Waals surface area (Å²) in [5.74, 6) is 1.19. The van der Waals surface area contributed by atoms with Crippen LogP contribution in [-0.4, -0.2) is 46.1 Å². The summed E-state index contributed by atoms with van der Waals surface area (Å²) in [7, 11) is 0. The first kappa shape index (κ1) is 14.6. The lowest BCUT2D eigenvalue weighted by atomic mass is 10.1. The van der Waals surface area contributed by atoms with Crippen LogP contribution >= 0.6 is 0 Å². The Kier molecular flexibility index (Phi) is 4.13. The minimum absolute atomic E-state index is 0.411. The highest BCUT2D eigenvalue weighted by molar-refractivity contribution is 5.50. The predicted molar refractivity (Wildman–Crippen MR) is 82.6 cm³/mol. The van der Waals surface area contributed by atoms with E-state index in [1.165, 1.54) is 18.0 Å². The second-order valence-electron chi connectivity index (χ2n) is 5.29. The molecule has 0 radical (unpaired) electrons. The van der Waals surface area contributed by atoms with Crippen molar-refractivity contribution in [2.24, 2.45) is 0 Å². The van der Waals surface area contributed by atoms with Crippen LogP contribution in [0, 0.1) is 12.7 Å². The molecule has 116 valence electrons. The van der Waals surface area contributed by atoms with Gasteiger partial charge in [-0.15, -0.1) is 0 Å². The zero-order valence-corrected chi connectivity index (χ0v) is 12.8. The van der Waals surface area contributed by atoms with E-state index in [-0.39, 0.29) is 0 Å². The monoisotopic (exact) mass is 302 g/mol. The van der Waals surface area contributed by atoms with E-state index in [9.17, 15) is 4.39 Å². The lowest BCUT2D eigenvalue weighted by Gasteiger charge is -2.36. The maximum atomic E-state index is 12.9. The summed E-state index contributed by atoms with van der Waals surface area (Å²) in [6.45, 7) is 7.40. The van der Waals surface area contributed by atoms with Gasteiger partial charge in [-0.3, -0.25) is 0 Å². The van der Waals surface area contributed by atoms with Gasteiger partial charge in [0.15, 0.2) is 5.82 Å². The number of aryl methyl sites for hydroxylation is 1. The lowest BCUT2D eigenvalue weighted by molar-refractivity contribution is 0.601. The Morgan fingerprint density at radius 2 is 1.64 bits per heavy atom. The minimum Gasteiger partial charge on any atom is -0.353 e. The quantitative estimate of drug-likeness (QED) is 0.858. The first-order valence-corrected chi connectivity index (χ1v) is 7.47. The Bertz CT molecular complexity index is 637. The molecule has 7 heteroatoms. The molecule has 0 spiro atoms. The molecule has 0 aliphatic carbocycles. The molecule has 0 atom stereocenters. The molecule has 0 aromatic carbocycles. The van der Waals surface area contributed by atoms with Crippen molar-refractivity contribution in [3.63, 3.8) is 0 Å². The second-order valence-corrected chi connectivity index (χ2v) is 5.29. The largest absolute Gasteiger partial charge is 0.353 e. The fraction of sp³-hybridized carbons (Fsp3) is 0.467. The van der Waals surface area contributed by atoms with Crippen molar-refractivity contribution in [2.75, 3.05) is 36.0 Å². The van der Waals surface area contributed by atoms with Crippen LogP contribution in [0.2, 0.25) is 0 Å². The van der Waals surface area contributed by atoms with Crippen molar-refractivity contribution in [1.29, 1.82) is 0 Å². The number of nitrogens with zero attached hydrogens (tertiary/aromatic N) is 6. The van der Waals surface area contributed by atoms with Crippen molar-refractivity contribution < 1.29 is 4.39 Å². The van der Waals surface area contributed by atoms with E-state index in [4.69, 9.17) is 0 Å². The van der Waals surface area contributed by atoms with E-state index in [0.29, 0.717) is 5.95 Å². The van der Waals surface area contributed by atoms with E-state index in [2.05, 4.69) is 36.7 Å². The smallest absolute Gasteiger partial charge is 0.225 e. The van der Waals surface area contributed by atoms with E-state index < -0.39 is 5.82 Å². The Morgan fingerprint density at radius 3 is 2.27 bits per heavy atom. The molecule has 3 rings (SSSR count). The summed E-state index contributed by atoms with van der Waals surface area (Å²) in [6.07, 6.45) is 4.96. The number of halogens is 1. The van der Waals surface area contributed by atoms with Gasteiger partial charge in [-0.25, -0.2) is 24.3 Å². The summed E-state index contributed by atoms with van der Waals surface area (Å²) in [4.78, 5) is 21.2. The standard InChI is InChI=1S/C15H19FN6/c1-3-13-11(2)19-10-20-14(13)21-4-6-22(7-5-21)15-17-8-12(16)9-18-15/h8-10H,3-7H2,1-2H3. The highest BCUT2D eigenvalue weighted by atomic mass is 19.1. The molecule has 22 heavy (non-hydrogen) atoms. The number of rotatable bonds is 3. The molecule has 1 aliphatic heterocycles. The molecular formula is C15H19FN6. The van der Waals surface area contributed by atoms with Gasteiger partial charge in [0.2, 0.25) is 5.95 Å². The fourth-order valence-electron chi connectivity index (χ4n) is 2.76. The molecule has 2 aromatic rings. The predicted octanol–water partition coefficient (Wildman–Crippen LogP) is 1.60. The van der Waals surface area contributed by atoms with Gasteiger partial charge < -0.3 is 9.80 Å². The molecule has 1 saturated heterocycles. The fourth-order valence-corrected chi connectivity index (χ4v) is 2.76. The Balaban J connectivity index is 1.72. The average Bonchev–Trinajstić information content (AvgIpc) is 2.55. The maximum absolute atomic E-state index is 12.9. The summed E-state index contributed by atoms with van der Waals surface area (Å²) in [6, 6.07) is 0. The van der Waals surface area contributed by atoms with Crippen molar-refractivity contribution >= 4 is 11.8 Å². The highest BCUT2D eigenvalue weighted by Crippen LogP contribution is 2.22. The molecule has 3 heterocycles. The molecule has 2 aromatic heterocycles. The van der Waals surface area contributed by atoms with Crippen LogP contribution in [0.3, 0.4) is 0 Å². The molecule has 0 amide bonds. The molecule has 0 N–H and O–H groups in total. The molecule has 6 nitrogen and oxygen atoms in total. The number of anilines is 2. The summed E-state index contributed by atoms with van der Waals surface area (Å²) in [5.41, 5.74) is 2.24. The third kappa shape index (κ3) is 2.84. The van der Waals surface area contributed by atoms with Crippen LogP contribution in [0.5, 0.6) is 0 Å². The summed E-state index contributed by atoms with van der Waals surface area (Å²) in [5, 5.41) is 0. The van der Waals surface area contributed by atoms with Crippen LogP contribution in [0.15, 0.2) is 18.7 Å². The van der Waals surface area contributed by atoms with Crippen molar-refractivity contribution in [3.8, 4) is 0 Å². The average molecular weight is 302 g/mol. The van der Waals surface area contributed by atoms with E-state index >= 15 is 0 Å². The maximum Gasteiger partial charge on any atom is 0.225 e. The van der Waals surface area contributed by atoms with Crippen molar-refractivity contribution in [1.82, 2.24) is 19.9 Å². The van der Waals surface area contributed by atoms with E-state index in [0.717, 1.165) is 44.1 Å².